The number of esters is 2. The lowest BCUT2D eigenvalue weighted by molar-refractivity contribution is -0.155. The minimum atomic E-state index is -0.443. The van der Waals surface area contributed by atoms with Gasteiger partial charge in [0.25, 0.3) is 0 Å². The normalized spacial score (nSPS) is 38.5. The molecule has 0 bridgehead atoms. The van der Waals surface area contributed by atoms with Gasteiger partial charge in [-0.25, -0.2) is 0 Å². The summed E-state index contributed by atoms with van der Waals surface area (Å²) in [4.78, 5) is 22.7. The Kier molecular flexibility index (Phi) is 2.33. The molecule has 0 aromatic rings. The fourth-order valence-electron chi connectivity index (χ4n) is 2.56. The summed E-state index contributed by atoms with van der Waals surface area (Å²) < 4.78 is 4.67. The third kappa shape index (κ3) is 1.56. The Morgan fingerprint density at radius 2 is 2.07 bits per heavy atom. The highest BCUT2D eigenvalue weighted by molar-refractivity contribution is 5.97. The first-order valence-electron chi connectivity index (χ1n) is 5.37. The molecule has 14 heavy (non-hydrogen) atoms. The average molecular weight is 196 g/mol. The molecule has 1 aliphatic carbocycles. The second-order valence-corrected chi connectivity index (χ2v) is 4.75. The summed E-state index contributed by atoms with van der Waals surface area (Å²) >= 11 is 0. The SMILES string of the molecule is CC1CCCC2(CC1)CC(=O)OC2=O. The second-order valence-electron chi connectivity index (χ2n) is 4.75. The van der Waals surface area contributed by atoms with Gasteiger partial charge in [0, 0.05) is 0 Å². The molecular formula is C11H16O3. The summed E-state index contributed by atoms with van der Waals surface area (Å²) in [6.45, 7) is 2.21. The Balaban J connectivity index is 2.15. The highest BCUT2D eigenvalue weighted by Crippen LogP contribution is 2.44. The van der Waals surface area contributed by atoms with Crippen LogP contribution in [0.1, 0.15) is 45.4 Å². The van der Waals surface area contributed by atoms with Crippen LogP contribution in [0, 0.1) is 11.3 Å². The number of hydrogen-bond acceptors (Lipinski definition) is 3. The molecule has 1 saturated heterocycles. The quantitative estimate of drug-likeness (QED) is 0.440. The zero-order valence-electron chi connectivity index (χ0n) is 8.54. The van der Waals surface area contributed by atoms with E-state index in [0.29, 0.717) is 12.3 Å². The Labute approximate surface area is 83.8 Å². The van der Waals surface area contributed by atoms with Crippen LogP contribution in [-0.4, -0.2) is 11.9 Å². The molecule has 0 aromatic carbocycles. The van der Waals surface area contributed by atoms with Crippen LogP contribution >= 0.6 is 0 Å². The molecule has 0 radical (unpaired) electrons. The molecule has 3 nitrogen and oxygen atoms in total. The number of rotatable bonds is 0. The fourth-order valence-corrected chi connectivity index (χ4v) is 2.56. The van der Waals surface area contributed by atoms with Gasteiger partial charge in [-0.1, -0.05) is 19.8 Å². The molecule has 1 saturated carbocycles. The Bertz CT molecular complexity index is 272. The number of ether oxygens (including phenoxy) is 1. The van der Waals surface area contributed by atoms with E-state index in [1.165, 1.54) is 6.42 Å². The van der Waals surface area contributed by atoms with Crippen LogP contribution < -0.4 is 0 Å². The van der Waals surface area contributed by atoms with Crippen LogP contribution in [-0.2, 0) is 14.3 Å². The predicted octanol–water partition coefficient (Wildman–Crippen LogP) is 2.05. The topological polar surface area (TPSA) is 43.4 Å². The van der Waals surface area contributed by atoms with Gasteiger partial charge in [-0.15, -0.1) is 0 Å². The number of cyclic esters (lactones) is 2. The number of carbonyl (C=O) groups excluding carboxylic acids is 2. The summed E-state index contributed by atoms with van der Waals surface area (Å²) in [5.74, 6) is 0.0824. The highest BCUT2D eigenvalue weighted by atomic mass is 16.6. The first kappa shape index (κ1) is 9.69. The largest absolute Gasteiger partial charge is 0.393 e. The van der Waals surface area contributed by atoms with Crippen molar-refractivity contribution in [3.8, 4) is 0 Å². The molecule has 2 fully saturated rings. The van der Waals surface area contributed by atoms with E-state index in [2.05, 4.69) is 11.7 Å². The molecule has 1 spiro atoms. The highest BCUT2D eigenvalue weighted by Gasteiger charge is 2.49. The summed E-state index contributed by atoms with van der Waals surface area (Å²) in [6.07, 6.45) is 5.24. The maximum absolute atomic E-state index is 11.6. The third-order valence-electron chi connectivity index (χ3n) is 3.59. The van der Waals surface area contributed by atoms with Crippen molar-refractivity contribution in [1.29, 1.82) is 0 Å². The first-order chi connectivity index (χ1) is 6.62. The molecular weight excluding hydrogens is 180 g/mol. The van der Waals surface area contributed by atoms with E-state index in [4.69, 9.17) is 0 Å². The Morgan fingerprint density at radius 3 is 2.71 bits per heavy atom. The van der Waals surface area contributed by atoms with E-state index in [1.54, 1.807) is 0 Å². The van der Waals surface area contributed by atoms with Crippen LogP contribution in [0.25, 0.3) is 0 Å². The van der Waals surface area contributed by atoms with Crippen molar-refractivity contribution in [3.05, 3.63) is 0 Å². The van der Waals surface area contributed by atoms with E-state index in [9.17, 15) is 9.59 Å². The van der Waals surface area contributed by atoms with Crippen LogP contribution in [0.4, 0.5) is 0 Å². The molecule has 2 rings (SSSR count). The zero-order chi connectivity index (χ0) is 10.2. The lowest BCUT2D eigenvalue weighted by Gasteiger charge is -2.20. The molecule has 2 atom stereocenters. The number of carbonyl (C=O) groups is 2. The lowest BCUT2D eigenvalue weighted by atomic mass is 9.79. The Hall–Kier alpha value is -0.860. The van der Waals surface area contributed by atoms with E-state index >= 15 is 0 Å². The lowest BCUT2D eigenvalue weighted by Crippen LogP contribution is -2.25. The van der Waals surface area contributed by atoms with Crippen molar-refractivity contribution in [1.82, 2.24) is 0 Å². The van der Waals surface area contributed by atoms with E-state index < -0.39 is 5.41 Å². The molecule has 3 heteroatoms. The van der Waals surface area contributed by atoms with E-state index in [0.717, 1.165) is 25.7 Å². The van der Waals surface area contributed by atoms with Gasteiger partial charge in [0.05, 0.1) is 11.8 Å². The fraction of sp³-hybridized carbons (Fsp3) is 0.818. The van der Waals surface area contributed by atoms with Crippen LogP contribution in [0.2, 0.25) is 0 Å². The second kappa shape index (κ2) is 3.37. The maximum Gasteiger partial charge on any atom is 0.320 e. The van der Waals surface area contributed by atoms with Crippen LogP contribution in [0.5, 0.6) is 0 Å². The van der Waals surface area contributed by atoms with Gasteiger partial charge >= 0.3 is 11.9 Å². The summed E-state index contributed by atoms with van der Waals surface area (Å²) in [5, 5.41) is 0. The van der Waals surface area contributed by atoms with Gasteiger partial charge in [0.2, 0.25) is 0 Å². The molecule has 0 aromatic heterocycles. The maximum atomic E-state index is 11.6. The first-order valence-corrected chi connectivity index (χ1v) is 5.37. The molecule has 1 heterocycles. The molecule has 1 aliphatic heterocycles. The molecule has 78 valence electrons. The summed E-state index contributed by atoms with van der Waals surface area (Å²) in [7, 11) is 0. The smallest absolute Gasteiger partial charge is 0.320 e. The zero-order valence-corrected chi connectivity index (χ0v) is 8.54. The van der Waals surface area contributed by atoms with Gasteiger partial charge in [-0.2, -0.15) is 0 Å². The molecule has 2 aliphatic rings. The van der Waals surface area contributed by atoms with E-state index in [1.807, 2.05) is 0 Å². The predicted molar refractivity (Wildman–Crippen MR) is 50.4 cm³/mol. The molecule has 0 amide bonds. The van der Waals surface area contributed by atoms with Gasteiger partial charge in [-0.3, -0.25) is 9.59 Å². The van der Waals surface area contributed by atoms with Crippen molar-refractivity contribution < 1.29 is 14.3 Å². The molecule has 0 N–H and O–H groups in total. The van der Waals surface area contributed by atoms with Crippen molar-refractivity contribution >= 4 is 11.9 Å². The minimum Gasteiger partial charge on any atom is -0.393 e. The average Bonchev–Trinajstić information content (AvgIpc) is 2.31. The van der Waals surface area contributed by atoms with Crippen molar-refractivity contribution in [2.24, 2.45) is 11.3 Å². The third-order valence-corrected chi connectivity index (χ3v) is 3.59. The summed E-state index contributed by atoms with van der Waals surface area (Å²) in [5.41, 5.74) is -0.443. The van der Waals surface area contributed by atoms with E-state index in [-0.39, 0.29) is 11.9 Å². The van der Waals surface area contributed by atoms with Gasteiger partial charge in [0.1, 0.15) is 0 Å². The standard InChI is InChI=1S/C11H16O3/c1-8-3-2-5-11(6-4-8)7-9(12)14-10(11)13/h8H,2-7H2,1H3. The monoisotopic (exact) mass is 196 g/mol. The van der Waals surface area contributed by atoms with Gasteiger partial charge in [0.15, 0.2) is 0 Å². The van der Waals surface area contributed by atoms with Gasteiger partial charge in [-0.05, 0) is 25.2 Å². The van der Waals surface area contributed by atoms with Crippen LogP contribution in [0.15, 0.2) is 0 Å². The van der Waals surface area contributed by atoms with Crippen molar-refractivity contribution in [2.75, 3.05) is 0 Å². The van der Waals surface area contributed by atoms with Crippen molar-refractivity contribution in [3.63, 3.8) is 0 Å². The number of hydrogen-bond donors (Lipinski definition) is 0. The van der Waals surface area contributed by atoms with Crippen molar-refractivity contribution in [2.45, 2.75) is 45.4 Å². The Morgan fingerprint density at radius 1 is 1.29 bits per heavy atom. The van der Waals surface area contributed by atoms with Gasteiger partial charge < -0.3 is 4.74 Å². The molecule has 2 unspecified atom stereocenters. The summed E-state index contributed by atoms with van der Waals surface area (Å²) in [6, 6.07) is 0. The minimum absolute atomic E-state index is 0.267. The van der Waals surface area contributed by atoms with Crippen LogP contribution in [0.3, 0.4) is 0 Å².